The number of hydrogen-bond acceptors (Lipinski definition) is 1. The molecule has 0 bridgehead atoms. The van der Waals surface area contributed by atoms with Gasteiger partial charge in [0.2, 0.25) is 5.91 Å². The number of carbonyl (C=O) groups excluding carboxylic acids is 1. The number of rotatable bonds is 3. The summed E-state index contributed by atoms with van der Waals surface area (Å²) in [5, 5.41) is 3.18. The summed E-state index contributed by atoms with van der Waals surface area (Å²) in [6, 6.07) is 6.83. The van der Waals surface area contributed by atoms with Crippen LogP contribution in [-0.2, 0) is 10.2 Å². The van der Waals surface area contributed by atoms with Gasteiger partial charge >= 0.3 is 0 Å². The molecule has 104 valence electrons. The molecule has 1 amide bonds. The van der Waals surface area contributed by atoms with E-state index in [2.05, 4.69) is 58.1 Å². The van der Waals surface area contributed by atoms with E-state index in [4.69, 9.17) is 0 Å². The maximum atomic E-state index is 11.9. The highest BCUT2D eigenvalue weighted by Crippen LogP contribution is 2.39. The highest BCUT2D eigenvalue weighted by Gasteiger charge is 2.44. The molecule has 1 aliphatic rings. The van der Waals surface area contributed by atoms with Crippen molar-refractivity contribution >= 4 is 5.91 Å². The standard InChI is InChI=1S/C17H25NO/c1-11(2)8-15-17(5,10-16(19)18-15)14-7-6-12(3)9-13(14)4/h6-7,9,11,15H,8,10H2,1-5H3,(H,18,19). The highest BCUT2D eigenvalue weighted by molar-refractivity contribution is 5.81. The fraction of sp³-hybridized carbons (Fsp3) is 0.588. The van der Waals surface area contributed by atoms with E-state index in [1.807, 2.05) is 0 Å². The molecule has 0 spiro atoms. The summed E-state index contributed by atoms with van der Waals surface area (Å²) < 4.78 is 0. The Morgan fingerprint density at radius 1 is 1.37 bits per heavy atom. The minimum Gasteiger partial charge on any atom is -0.352 e. The van der Waals surface area contributed by atoms with Crippen LogP contribution in [0.2, 0.25) is 0 Å². The number of nitrogens with one attached hydrogen (secondary N) is 1. The van der Waals surface area contributed by atoms with Gasteiger partial charge in [-0.15, -0.1) is 0 Å². The first-order chi connectivity index (χ1) is 8.83. The molecule has 2 heteroatoms. The van der Waals surface area contributed by atoms with Gasteiger partial charge in [0.15, 0.2) is 0 Å². The lowest BCUT2D eigenvalue weighted by molar-refractivity contribution is -0.119. The molecule has 1 heterocycles. The molecule has 2 rings (SSSR count). The Balaban J connectivity index is 2.40. The smallest absolute Gasteiger partial charge is 0.221 e. The fourth-order valence-corrected chi connectivity index (χ4v) is 3.39. The topological polar surface area (TPSA) is 29.1 Å². The summed E-state index contributed by atoms with van der Waals surface area (Å²) in [6.07, 6.45) is 1.64. The van der Waals surface area contributed by atoms with Gasteiger partial charge in [0.1, 0.15) is 0 Å². The van der Waals surface area contributed by atoms with Crippen molar-refractivity contribution in [3.8, 4) is 0 Å². The molecule has 1 N–H and O–H groups in total. The number of aryl methyl sites for hydroxylation is 2. The van der Waals surface area contributed by atoms with Gasteiger partial charge in [-0.2, -0.15) is 0 Å². The Hall–Kier alpha value is -1.31. The fourth-order valence-electron chi connectivity index (χ4n) is 3.39. The van der Waals surface area contributed by atoms with Gasteiger partial charge in [-0.25, -0.2) is 0 Å². The quantitative estimate of drug-likeness (QED) is 0.884. The largest absolute Gasteiger partial charge is 0.352 e. The lowest BCUT2D eigenvalue weighted by atomic mass is 9.72. The van der Waals surface area contributed by atoms with Crippen LogP contribution >= 0.6 is 0 Å². The molecule has 0 saturated carbocycles. The van der Waals surface area contributed by atoms with E-state index in [-0.39, 0.29) is 17.4 Å². The van der Waals surface area contributed by atoms with Crippen LogP contribution in [0.15, 0.2) is 18.2 Å². The third-order valence-corrected chi connectivity index (χ3v) is 4.34. The SMILES string of the molecule is Cc1ccc(C2(C)CC(=O)NC2CC(C)C)c(C)c1. The second-order valence-corrected chi connectivity index (χ2v) is 6.66. The van der Waals surface area contributed by atoms with Crippen molar-refractivity contribution in [1.29, 1.82) is 0 Å². The molecule has 0 aliphatic carbocycles. The lowest BCUT2D eigenvalue weighted by Crippen LogP contribution is -2.39. The molecule has 0 radical (unpaired) electrons. The van der Waals surface area contributed by atoms with Gasteiger partial charge < -0.3 is 5.32 Å². The van der Waals surface area contributed by atoms with E-state index in [1.54, 1.807) is 0 Å². The first-order valence-electron chi connectivity index (χ1n) is 7.20. The predicted molar refractivity (Wildman–Crippen MR) is 79.3 cm³/mol. The van der Waals surface area contributed by atoms with E-state index in [0.29, 0.717) is 12.3 Å². The van der Waals surface area contributed by atoms with Crippen LogP contribution in [0.1, 0.15) is 50.3 Å². The monoisotopic (exact) mass is 259 g/mol. The second-order valence-electron chi connectivity index (χ2n) is 6.66. The molecule has 0 aromatic heterocycles. The van der Waals surface area contributed by atoms with Gasteiger partial charge in [0.25, 0.3) is 0 Å². The van der Waals surface area contributed by atoms with Crippen molar-refractivity contribution in [3.05, 3.63) is 34.9 Å². The van der Waals surface area contributed by atoms with Crippen LogP contribution in [0.5, 0.6) is 0 Å². The Morgan fingerprint density at radius 3 is 2.63 bits per heavy atom. The van der Waals surface area contributed by atoms with Crippen LogP contribution < -0.4 is 5.32 Å². The van der Waals surface area contributed by atoms with Gasteiger partial charge in [-0.05, 0) is 37.3 Å². The molecule has 1 saturated heterocycles. The normalized spacial score (nSPS) is 26.8. The minimum atomic E-state index is -0.0703. The molecule has 1 aromatic carbocycles. The zero-order valence-electron chi connectivity index (χ0n) is 12.7. The summed E-state index contributed by atoms with van der Waals surface area (Å²) in [6.45, 7) is 10.9. The highest BCUT2D eigenvalue weighted by atomic mass is 16.2. The molecule has 19 heavy (non-hydrogen) atoms. The van der Waals surface area contributed by atoms with E-state index >= 15 is 0 Å². The molecule has 1 aromatic rings. The van der Waals surface area contributed by atoms with Gasteiger partial charge in [0, 0.05) is 17.9 Å². The first-order valence-corrected chi connectivity index (χ1v) is 7.20. The van der Waals surface area contributed by atoms with E-state index in [9.17, 15) is 4.79 Å². The molecule has 1 fully saturated rings. The summed E-state index contributed by atoms with van der Waals surface area (Å²) >= 11 is 0. The van der Waals surface area contributed by atoms with Gasteiger partial charge in [0.05, 0.1) is 0 Å². The number of hydrogen-bond donors (Lipinski definition) is 1. The van der Waals surface area contributed by atoms with Crippen molar-refractivity contribution in [2.24, 2.45) is 5.92 Å². The lowest BCUT2D eigenvalue weighted by Gasteiger charge is -2.33. The van der Waals surface area contributed by atoms with E-state index in [1.165, 1.54) is 16.7 Å². The first kappa shape index (κ1) is 14.1. The van der Waals surface area contributed by atoms with Crippen LogP contribution in [0.4, 0.5) is 0 Å². The van der Waals surface area contributed by atoms with Gasteiger partial charge in [-0.3, -0.25) is 4.79 Å². The number of carbonyl (C=O) groups is 1. The average Bonchev–Trinajstić information content (AvgIpc) is 2.53. The number of amides is 1. The van der Waals surface area contributed by atoms with Crippen LogP contribution in [-0.4, -0.2) is 11.9 Å². The van der Waals surface area contributed by atoms with Crippen LogP contribution in [0.3, 0.4) is 0 Å². The minimum absolute atomic E-state index is 0.0703. The zero-order valence-corrected chi connectivity index (χ0v) is 12.7. The van der Waals surface area contributed by atoms with Crippen molar-refractivity contribution in [2.45, 2.75) is 58.9 Å². The number of benzene rings is 1. The zero-order chi connectivity index (χ0) is 14.2. The maximum absolute atomic E-state index is 11.9. The molecule has 2 nitrogen and oxygen atoms in total. The average molecular weight is 259 g/mol. The Labute approximate surface area is 116 Å². The van der Waals surface area contributed by atoms with Crippen molar-refractivity contribution < 1.29 is 4.79 Å². The van der Waals surface area contributed by atoms with Gasteiger partial charge in [-0.1, -0.05) is 44.5 Å². The van der Waals surface area contributed by atoms with Crippen molar-refractivity contribution in [1.82, 2.24) is 5.32 Å². The van der Waals surface area contributed by atoms with Crippen LogP contribution in [0.25, 0.3) is 0 Å². The summed E-state index contributed by atoms with van der Waals surface area (Å²) in [5.74, 6) is 0.779. The predicted octanol–water partition coefficient (Wildman–Crippen LogP) is 3.50. The molecular formula is C17H25NO. The van der Waals surface area contributed by atoms with Crippen molar-refractivity contribution in [2.75, 3.05) is 0 Å². The molecular weight excluding hydrogens is 234 g/mol. The third-order valence-electron chi connectivity index (χ3n) is 4.34. The van der Waals surface area contributed by atoms with E-state index in [0.717, 1.165) is 6.42 Å². The summed E-state index contributed by atoms with van der Waals surface area (Å²) in [5.41, 5.74) is 3.83. The maximum Gasteiger partial charge on any atom is 0.221 e. The Kier molecular flexibility index (Phi) is 3.71. The van der Waals surface area contributed by atoms with E-state index < -0.39 is 0 Å². The molecule has 1 aliphatic heterocycles. The third kappa shape index (κ3) is 2.68. The molecule has 2 atom stereocenters. The Morgan fingerprint density at radius 2 is 2.05 bits per heavy atom. The summed E-state index contributed by atoms with van der Waals surface area (Å²) in [7, 11) is 0. The summed E-state index contributed by atoms with van der Waals surface area (Å²) in [4.78, 5) is 11.9. The van der Waals surface area contributed by atoms with Crippen LogP contribution in [0, 0.1) is 19.8 Å². The molecule has 2 unspecified atom stereocenters. The Bertz CT molecular complexity index is 492. The second kappa shape index (κ2) is 4.99. The van der Waals surface area contributed by atoms with Crippen molar-refractivity contribution in [3.63, 3.8) is 0 Å².